The molecule has 0 bridgehead atoms. The molecule has 2 aliphatic heterocycles. The minimum absolute atomic E-state index is 0.109. The summed E-state index contributed by atoms with van der Waals surface area (Å²) in [4.78, 5) is 28.1. The van der Waals surface area contributed by atoms with Crippen molar-refractivity contribution in [2.75, 3.05) is 39.3 Å². The van der Waals surface area contributed by atoms with Crippen molar-refractivity contribution in [2.45, 2.75) is 38.6 Å². The summed E-state index contributed by atoms with van der Waals surface area (Å²) in [6.07, 6.45) is 3.78. The average molecular weight is 297 g/mol. The number of rotatable bonds is 4. The number of carbonyl (C=O) groups excluding carboxylic acids is 2. The molecule has 120 valence electrons. The van der Waals surface area contributed by atoms with Crippen LogP contribution in [0.5, 0.6) is 0 Å². The van der Waals surface area contributed by atoms with Crippen LogP contribution >= 0.6 is 0 Å². The number of nitrogens with zero attached hydrogens (tertiary/aromatic N) is 2. The van der Waals surface area contributed by atoms with Crippen molar-refractivity contribution in [2.24, 2.45) is 11.7 Å². The van der Waals surface area contributed by atoms with Crippen LogP contribution in [0, 0.1) is 5.92 Å². The molecule has 21 heavy (non-hydrogen) atoms. The van der Waals surface area contributed by atoms with Gasteiger partial charge in [-0.05, 0) is 39.2 Å². The van der Waals surface area contributed by atoms with Crippen molar-refractivity contribution in [1.82, 2.24) is 9.80 Å². The molecular formula is C15H27N3O3. The smallest absolute Gasteiger partial charge is 0.310 e. The molecule has 2 atom stereocenters. The SMILES string of the molecule is CCOC(=O)C1CCCN(C(=O)CN2CCCC(N)C2)C1. The van der Waals surface area contributed by atoms with E-state index in [9.17, 15) is 9.59 Å². The van der Waals surface area contributed by atoms with Crippen molar-refractivity contribution in [3.8, 4) is 0 Å². The fraction of sp³-hybridized carbons (Fsp3) is 0.867. The molecule has 2 rings (SSSR count). The van der Waals surface area contributed by atoms with Crippen molar-refractivity contribution >= 4 is 11.9 Å². The van der Waals surface area contributed by atoms with Gasteiger partial charge in [-0.2, -0.15) is 0 Å². The number of likely N-dealkylation sites (tertiary alicyclic amines) is 2. The number of piperidine rings is 2. The van der Waals surface area contributed by atoms with Gasteiger partial charge in [-0.15, -0.1) is 0 Å². The maximum atomic E-state index is 12.4. The van der Waals surface area contributed by atoms with Gasteiger partial charge in [0.15, 0.2) is 0 Å². The van der Waals surface area contributed by atoms with Crippen LogP contribution in [0.2, 0.25) is 0 Å². The fourth-order valence-electron chi connectivity index (χ4n) is 3.18. The third kappa shape index (κ3) is 4.68. The lowest BCUT2D eigenvalue weighted by atomic mass is 9.98. The lowest BCUT2D eigenvalue weighted by molar-refractivity contribution is -0.151. The van der Waals surface area contributed by atoms with Crippen LogP contribution < -0.4 is 5.73 Å². The third-order valence-electron chi connectivity index (χ3n) is 4.29. The van der Waals surface area contributed by atoms with E-state index in [0.717, 1.165) is 45.3 Å². The fourth-order valence-corrected chi connectivity index (χ4v) is 3.18. The molecule has 6 nitrogen and oxygen atoms in total. The number of amides is 1. The Balaban J connectivity index is 1.82. The largest absolute Gasteiger partial charge is 0.466 e. The minimum atomic E-state index is -0.171. The number of hydrogen-bond acceptors (Lipinski definition) is 5. The Morgan fingerprint density at radius 2 is 1.95 bits per heavy atom. The highest BCUT2D eigenvalue weighted by Gasteiger charge is 2.30. The van der Waals surface area contributed by atoms with Gasteiger partial charge in [-0.1, -0.05) is 0 Å². The molecule has 0 saturated carbocycles. The van der Waals surface area contributed by atoms with E-state index in [1.165, 1.54) is 0 Å². The summed E-state index contributed by atoms with van der Waals surface area (Å²) in [6.45, 7) is 5.60. The van der Waals surface area contributed by atoms with Crippen LogP contribution in [0.15, 0.2) is 0 Å². The Morgan fingerprint density at radius 1 is 1.19 bits per heavy atom. The highest BCUT2D eigenvalue weighted by molar-refractivity contribution is 5.80. The van der Waals surface area contributed by atoms with E-state index >= 15 is 0 Å². The maximum Gasteiger partial charge on any atom is 0.310 e. The van der Waals surface area contributed by atoms with Gasteiger partial charge in [0, 0.05) is 25.7 Å². The monoisotopic (exact) mass is 297 g/mol. The zero-order chi connectivity index (χ0) is 15.2. The number of esters is 1. The molecule has 0 aromatic rings. The molecular weight excluding hydrogens is 270 g/mol. The van der Waals surface area contributed by atoms with Gasteiger partial charge in [0.25, 0.3) is 0 Å². The zero-order valence-corrected chi connectivity index (χ0v) is 12.9. The molecule has 0 aliphatic carbocycles. The normalized spacial score (nSPS) is 27.4. The second kappa shape index (κ2) is 7.75. The highest BCUT2D eigenvalue weighted by atomic mass is 16.5. The highest BCUT2D eigenvalue weighted by Crippen LogP contribution is 2.18. The van der Waals surface area contributed by atoms with E-state index in [-0.39, 0.29) is 23.8 Å². The van der Waals surface area contributed by atoms with Crippen LogP contribution in [0.25, 0.3) is 0 Å². The molecule has 0 aromatic carbocycles. The van der Waals surface area contributed by atoms with Gasteiger partial charge in [0.05, 0.1) is 19.1 Å². The average Bonchev–Trinajstić information content (AvgIpc) is 2.47. The summed E-state index contributed by atoms with van der Waals surface area (Å²) < 4.78 is 5.07. The Bertz CT molecular complexity index is 375. The Hall–Kier alpha value is -1.14. The molecule has 2 saturated heterocycles. The number of carbonyl (C=O) groups is 2. The maximum absolute atomic E-state index is 12.4. The van der Waals surface area contributed by atoms with Crippen LogP contribution in [-0.4, -0.2) is 67.0 Å². The molecule has 0 spiro atoms. The molecule has 0 aromatic heterocycles. The lowest BCUT2D eigenvalue weighted by Crippen LogP contribution is -2.50. The summed E-state index contributed by atoms with van der Waals surface area (Å²) in [5, 5.41) is 0. The molecule has 6 heteroatoms. The summed E-state index contributed by atoms with van der Waals surface area (Å²) in [5.74, 6) is -0.223. The summed E-state index contributed by atoms with van der Waals surface area (Å²) in [7, 11) is 0. The van der Waals surface area contributed by atoms with Gasteiger partial charge in [0.2, 0.25) is 5.91 Å². The van der Waals surface area contributed by atoms with Gasteiger partial charge in [-0.25, -0.2) is 0 Å². The molecule has 0 radical (unpaired) electrons. The predicted molar refractivity (Wildman–Crippen MR) is 79.6 cm³/mol. The Morgan fingerprint density at radius 3 is 2.67 bits per heavy atom. The number of nitrogens with two attached hydrogens (primary N) is 1. The quantitative estimate of drug-likeness (QED) is 0.751. The van der Waals surface area contributed by atoms with Gasteiger partial charge < -0.3 is 15.4 Å². The predicted octanol–water partition coefficient (Wildman–Crippen LogP) is 0.211. The minimum Gasteiger partial charge on any atom is -0.466 e. The molecule has 2 N–H and O–H groups in total. The van der Waals surface area contributed by atoms with E-state index in [4.69, 9.17) is 10.5 Å². The topological polar surface area (TPSA) is 75.9 Å². The van der Waals surface area contributed by atoms with Crippen molar-refractivity contribution < 1.29 is 14.3 Å². The molecule has 2 heterocycles. The van der Waals surface area contributed by atoms with E-state index in [2.05, 4.69) is 4.90 Å². The van der Waals surface area contributed by atoms with Crippen molar-refractivity contribution in [1.29, 1.82) is 0 Å². The summed E-state index contributed by atoms with van der Waals surface area (Å²) in [5.41, 5.74) is 5.95. The lowest BCUT2D eigenvalue weighted by Gasteiger charge is -2.35. The number of ether oxygens (including phenoxy) is 1. The van der Waals surface area contributed by atoms with Gasteiger partial charge in [0.1, 0.15) is 0 Å². The van der Waals surface area contributed by atoms with Gasteiger partial charge >= 0.3 is 5.97 Å². The first-order valence-corrected chi connectivity index (χ1v) is 8.02. The number of hydrogen-bond donors (Lipinski definition) is 1. The van der Waals surface area contributed by atoms with Crippen LogP contribution in [-0.2, 0) is 14.3 Å². The Labute approximate surface area is 126 Å². The summed E-state index contributed by atoms with van der Waals surface area (Å²) in [6, 6.07) is 0.181. The first-order chi connectivity index (χ1) is 10.1. The van der Waals surface area contributed by atoms with Crippen molar-refractivity contribution in [3.63, 3.8) is 0 Å². The van der Waals surface area contributed by atoms with E-state index in [1.54, 1.807) is 0 Å². The molecule has 1 amide bonds. The van der Waals surface area contributed by atoms with E-state index in [1.807, 2.05) is 11.8 Å². The molecule has 2 aliphatic rings. The first kappa shape index (κ1) is 16.2. The third-order valence-corrected chi connectivity index (χ3v) is 4.29. The van der Waals surface area contributed by atoms with E-state index in [0.29, 0.717) is 19.7 Å². The zero-order valence-electron chi connectivity index (χ0n) is 12.9. The van der Waals surface area contributed by atoms with Crippen LogP contribution in [0.3, 0.4) is 0 Å². The standard InChI is InChI=1S/C15H27N3O3/c1-2-21-15(20)12-5-3-8-18(9-12)14(19)11-17-7-4-6-13(16)10-17/h12-13H,2-11,16H2,1H3. The second-order valence-electron chi connectivity index (χ2n) is 6.07. The van der Waals surface area contributed by atoms with Gasteiger partial charge in [-0.3, -0.25) is 14.5 Å². The second-order valence-corrected chi connectivity index (χ2v) is 6.07. The van der Waals surface area contributed by atoms with Crippen LogP contribution in [0.4, 0.5) is 0 Å². The van der Waals surface area contributed by atoms with Crippen molar-refractivity contribution in [3.05, 3.63) is 0 Å². The molecule has 2 fully saturated rings. The van der Waals surface area contributed by atoms with E-state index < -0.39 is 0 Å². The van der Waals surface area contributed by atoms with Crippen LogP contribution in [0.1, 0.15) is 32.6 Å². The Kier molecular flexibility index (Phi) is 5.99. The first-order valence-electron chi connectivity index (χ1n) is 8.02. The summed E-state index contributed by atoms with van der Waals surface area (Å²) >= 11 is 0. The molecule has 2 unspecified atom stereocenters.